The lowest BCUT2D eigenvalue weighted by molar-refractivity contribution is 0.0482. The lowest BCUT2D eigenvalue weighted by atomic mass is 9.99. The number of methoxy groups -OCH3 is 1. The summed E-state index contributed by atoms with van der Waals surface area (Å²) in [5, 5.41) is 10.3. The highest BCUT2D eigenvalue weighted by Crippen LogP contribution is 2.28. The highest BCUT2D eigenvalue weighted by molar-refractivity contribution is 5.94. The highest BCUT2D eigenvalue weighted by atomic mass is 16.5. The fourth-order valence-electron chi connectivity index (χ4n) is 4.08. The van der Waals surface area contributed by atoms with Crippen LogP contribution in [-0.2, 0) is 0 Å². The monoisotopic (exact) mass is 346 g/mol. The highest BCUT2D eigenvalue weighted by Gasteiger charge is 2.25. The van der Waals surface area contributed by atoms with E-state index in [2.05, 4.69) is 4.90 Å². The van der Waals surface area contributed by atoms with E-state index in [4.69, 9.17) is 4.74 Å². The molecule has 0 unspecified atom stereocenters. The van der Waals surface area contributed by atoms with E-state index in [0.29, 0.717) is 30.3 Å². The van der Waals surface area contributed by atoms with Gasteiger partial charge >= 0.3 is 0 Å². The van der Waals surface area contributed by atoms with E-state index in [1.807, 2.05) is 23.1 Å². The molecule has 1 aromatic rings. The zero-order chi connectivity index (χ0) is 17.6. The van der Waals surface area contributed by atoms with Gasteiger partial charge in [-0.05, 0) is 30.5 Å². The molecule has 0 spiro atoms. The van der Waals surface area contributed by atoms with Crippen LogP contribution in [0.2, 0.25) is 0 Å². The van der Waals surface area contributed by atoms with E-state index in [1.54, 1.807) is 13.2 Å². The lowest BCUT2D eigenvalue weighted by Crippen LogP contribution is -2.50. The molecule has 3 rings (SSSR count). The molecule has 2 fully saturated rings. The number of aliphatic hydroxyl groups excluding tert-OH is 1. The van der Waals surface area contributed by atoms with Gasteiger partial charge in [0.05, 0.1) is 13.2 Å². The van der Waals surface area contributed by atoms with Crippen molar-refractivity contribution in [3.05, 3.63) is 29.8 Å². The maximum Gasteiger partial charge on any atom is 0.254 e. The molecule has 1 aliphatic carbocycles. The molecule has 1 amide bonds. The standard InChI is InChI=1S/C20H30N2O3/c1-25-19-8-4-7-17(14-19)20(24)22-11-9-21(10-12-22)15-18(23)13-16-5-2-3-6-16/h4,7-8,14,16,18,23H,2-3,5-6,9-13,15H2,1H3/t18-/m1/s1. The van der Waals surface area contributed by atoms with Crippen molar-refractivity contribution < 1.29 is 14.6 Å². The number of amides is 1. The molecule has 25 heavy (non-hydrogen) atoms. The smallest absolute Gasteiger partial charge is 0.254 e. The van der Waals surface area contributed by atoms with E-state index in [9.17, 15) is 9.90 Å². The fraction of sp³-hybridized carbons (Fsp3) is 0.650. The molecule has 1 aliphatic heterocycles. The third kappa shape index (κ3) is 4.95. The molecule has 0 radical (unpaired) electrons. The van der Waals surface area contributed by atoms with Gasteiger partial charge in [-0.25, -0.2) is 0 Å². The summed E-state index contributed by atoms with van der Waals surface area (Å²) in [6.45, 7) is 3.82. The van der Waals surface area contributed by atoms with Crippen molar-refractivity contribution in [2.45, 2.75) is 38.2 Å². The first-order chi connectivity index (χ1) is 12.2. The van der Waals surface area contributed by atoms with Crippen molar-refractivity contribution in [2.24, 2.45) is 5.92 Å². The number of carbonyl (C=O) groups is 1. The molecular formula is C20H30N2O3. The number of β-amino-alcohol motifs (C(OH)–C–C–N with tert-alkyl or cyclic N) is 1. The van der Waals surface area contributed by atoms with Crippen LogP contribution in [-0.4, -0.2) is 66.8 Å². The van der Waals surface area contributed by atoms with Gasteiger partial charge in [-0.2, -0.15) is 0 Å². The normalized spacial score (nSPS) is 20.6. The minimum Gasteiger partial charge on any atom is -0.497 e. The van der Waals surface area contributed by atoms with Gasteiger partial charge in [0.25, 0.3) is 5.91 Å². The Morgan fingerprint density at radius 3 is 2.64 bits per heavy atom. The van der Waals surface area contributed by atoms with Crippen molar-refractivity contribution in [2.75, 3.05) is 39.8 Å². The molecule has 0 aromatic heterocycles. The van der Waals surface area contributed by atoms with Crippen molar-refractivity contribution in [3.8, 4) is 5.75 Å². The van der Waals surface area contributed by atoms with Crippen molar-refractivity contribution >= 4 is 5.91 Å². The predicted octanol–water partition coefficient (Wildman–Crippen LogP) is 2.39. The van der Waals surface area contributed by atoms with Crippen molar-refractivity contribution in [1.29, 1.82) is 0 Å². The number of rotatable bonds is 6. The maximum atomic E-state index is 12.6. The molecular weight excluding hydrogens is 316 g/mol. The van der Waals surface area contributed by atoms with Crippen LogP contribution in [0.4, 0.5) is 0 Å². The maximum absolute atomic E-state index is 12.6. The van der Waals surface area contributed by atoms with Gasteiger partial charge in [0.15, 0.2) is 0 Å². The third-order valence-electron chi connectivity index (χ3n) is 5.53. The Morgan fingerprint density at radius 1 is 1.24 bits per heavy atom. The quantitative estimate of drug-likeness (QED) is 0.859. The van der Waals surface area contributed by atoms with Gasteiger partial charge in [-0.15, -0.1) is 0 Å². The summed E-state index contributed by atoms with van der Waals surface area (Å²) in [5.41, 5.74) is 0.675. The van der Waals surface area contributed by atoms with Crippen molar-refractivity contribution in [1.82, 2.24) is 9.80 Å². The third-order valence-corrected chi connectivity index (χ3v) is 5.53. The average Bonchev–Trinajstić information content (AvgIpc) is 3.14. The fourth-order valence-corrected chi connectivity index (χ4v) is 4.08. The van der Waals surface area contributed by atoms with Crippen LogP contribution in [0, 0.1) is 5.92 Å². The summed E-state index contributed by atoms with van der Waals surface area (Å²) >= 11 is 0. The second-order valence-electron chi connectivity index (χ2n) is 7.36. The Bertz CT molecular complexity index is 564. The van der Waals surface area contributed by atoms with Gasteiger partial charge in [0.2, 0.25) is 0 Å². The molecule has 5 heteroatoms. The van der Waals surface area contributed by atoms with Gasteiger partial charge < -0.3 is 14.7 Å². The van der Waals surface area contributed by atoms with E-state index in [1.165, 1.54) is 25.7 Å². The van der Waals surface area contributed by atoms with E-state index < -0.39 is 0 Å². The Hall–Kier alpha value is -1.59. The van der Waals surface area contributed by atoms with Gasteiger partial charge in [0, 0.05) is 38.3 Å². The number of benzene rings is 1. The Morgan fingerprint density at radius 2 is 1.96 bits per heavy atom. The van der Waals surface area contributed by atoms with Crippen LogP contribution in [0.3, 0.4) is 0 Å². The molecule has 138 valence electrons. The Kier molecular flexibility index (Phi) is 6.32. The molecule has 0 bridgehead atoms. The summed E-state index contributed by atoms with van der Waals surface area (Å²) in [7, 11) is 1.61. The zero-order valence-electron chi connectivity index (χ0n) is 15.2. The molecule has 1 saturated carbocycles. The van der Waals surface area contributed by atoms with E-state index >= 15 is 0 Å². The van der Waals surface area contributed by atoms with E-state index in [-0.39, 0.29) is 12.0 Å². The lowest BCUT2D eigenvalue weighted by Gasteiger charge is -2.36. The topological polar surface area (TPSA) is 53.0 Å². The van der Waals surface area contributed by atoms with Gasteiger partial charge in [-0.3, -0.25) is 9.69 Å². The summed E-state index contributed by atoms with van der Waals surface area (Å²) < 4.78 is 5.20. The van der Waals surface area contributed by atoms with Crippen LogP contribution in [0.15, 0.2) is 24.3 Å². The largest absolute Gasteiger partial charge is 0.497 e. The SMILES string of the molecule is COc1cccc(C(=O)N2CCN(C[C@H](O)CC3CCCC3)CC2)c1. The molecule has 1 heterocycles. The summed E-state index contributed by atoms with van der Waals surface area (Å²) in [5.74, 6) is 1.48. The summed E-state index contributed by atoms with van der Waals surface area (Å²) in [6.07, 6.45) is 5.90. The molecule has 1 atom stereocenters. The van der Waals surface area contributed by atoms with Crippen LogP contribution >= 0.6 is 0 Å². The first kappa shape index (κ1) is 18.2. The van der Waals surface area contributed by atoms with Gasteiger partial charge in [-0.1, -0.05) is 31.7 Å². The van der Waals surface area contributed by atoms with Crippen LogP contribution < -0.4 is 4.74 Å². The number of nitrogens with zero attached hydrogens (tertiary/aromatic N) is 2. The molecule has 1 aromatic carbocycles. The number of aliphatic hydroxyl groups is 1. The minimum absolute atomic E-state index is 0.0602. The van der Waals surface area contributed by atoms with Crippen LogP contribution in [0.5, 0.6) is 5.75 Å². The average molecular weight is 346 g/mol. The zero-order valence-corrected chi connectivity index (χ0v) is 15.2. The Labute approximate surface area is 150 Å². The number of piperazine rings is 1. The predicted molar refractivity (Wildman–Crippen MR) is 97.9 cm³/mol. The van der Waals surface area contributed by atoms with E-state index in [0.717, 1.165) is 26.1 Å². The number of ether oxygens (including phenoxy) is 1. The molecule has 5 nitrogen and oxygen atoms in total. The first-order valence-corrected chi connectivity index (χ1v) is 9.49. The Balaban J connectivity index is 1.45. The molecule has 1 saturated heterocycles. The van der Waals surface area contributed by atoms with Crippen molar-refractivity contribution in [3.63, 3.8) is 0 Å². The number of carbonyl (C=O) groups excluding carboxylic acids is 1. The summed E-state index contributed by atoms with van der Waals surface area (Å²) in [6, 6.07) is 7.32. The van der Waals surface area contributed by atoms with Crippen LogP contribution in [0.1, 0.15) is 42.5 Å². The second kappa shape index (κ2) is 8.68. The number of hydrogen-bond donors (Lipinski definition) is 1. The molecule has 2 aliphatic rings. The summed E-state index contributed by atoms with van der Waals surface area (Å²) in [4.78, 5) is 16.8. The van der Waals surface area contributed by atoms with Gasteiger partial charge in [0.1, 0.15) is 5.75 Å². The first-order valence-electron chi connectivity index (χ1n) is 9.49. The minimum atomic E-state index is -0.233. The second-order valence-corrected chi connectivity index (χ2v) is 7.36. The number of hydrogen-bond acceptors (Lipinski definition) is 4. The van der Waals surface area contributed by atoms with Crippen LogP contribution in [0.25, 0.3) is 0 Å². The molecule has 1 N–H and O–H groups in total.